The van der Waals surface area contributed by atoms with Gasteiger partial charge in [-0.2, -0.15) is 0 Å². The first-order valence-corrected chi connectivity index (χ1v) is 4.58. The summed E-state index contributed by atoms with van der Waals surface area (Å²) in [6, 6.07) is 7.27. The zero-order valence-corrected chi connectivity index (χ0v) is 9.12. The molecule has 1 aromatic carbocycles. The van der Waals surface area contributed by atoms with E-state index in [0.29, 0.717) is 12.2 Å². The first kappa shape index (κ1) is 11.1. The van der Waals surface area contributed by atoms with Crippen molar-refractivity contribution in [2.45, 2.75) is 6.61 Å². The van der Waals surface area contributed by atoms with Crippen LogP contribution in [0.5, 0.6) is 0 Å². The predicted octanol–water partition coefficient (Wildman–Crippen LogP) is 1.75. The molecule has 0 aliphatic heterocycles. The number of thiol groups is 1. The van der Waals surface area contributed by atoms with Crippen molar-refractivity contribution in [3.8, 4) is 0 Å². The van der Waals surface area contributed by atoms with Gasteiger partial charge in [-0.1, -0.05) is 12.1 Å². The van der Waals surface area contributed by atoms with Crippen LogP contribution in [-0.2, 0) is 10.8 Å². The van der Waals surface area contributed by atoms with Crippen LogP contribution in [0.25, 0.3) is 0 Å². The van der Waals surface area contributed by atoms with Gasteiger partial charge in [0.2, 0.25) is 0 Å². The van der Waals surface area contributed by atoms with Gasteiger partial charge in [0.25, 0.3) is 5.91 Å². The normalized spacial score (nSPS) is 9.93. The van der Waals surface area contributed by atoms with Crippen molar-refractivity contribution in [3.63, 3.8) is 0 Å². The first-order chi connectivity index (χ1) is 6.65. The monoisotopic (exact) mass is 211 g/mol. The van der Waals surface area contributed by atoms with Crippen LogP contribution in [0.4, 0.5) is 0 Å². The summed E-state index contributed by atoms with van der Waals surface area (Å²) in [5.74, 6) is 0.00309. The lowest BCUT2D eigenvalue weighted by molar-refractivity contribution is 0.0827. The topological polar surface area (TPSA) is 29.5 Å². The molecule has 0 N–H and O–H groups in total. The lowest BCUT2D eigenvalue weighted by Gasteiger charge is -2.10. The van der Waals surface area contributed by atoms with E-state index < -0.39 is 0 Å². The third-order valence-corrected chi connectivity index (χ3v) is 1.97. The molecule has 0 fully saturated rings. The second kappa shape index (κ2) is 5.02. The molecule has 0 aliphatic carbocycles. The highest BCUT2D eigenvalue weighted by Crippen LogP contribution is 2.07. The molecular weight excluding hydrogens is 198 g/mol. The predicted molar refractivity (Wildman–Crippen MR) is 58.2 cm³/mol. The quantitative estimate of drug-likeness (QED) is 0.609. The van der Waals surface area contributed by atoms with E-state index in [0.717, 1.165) is 5.56 Å². The van der Waals surface area contributed by atoms with Gasteiger partial charge in [-0.3, -0.25) is 4.79 Å². The van der Waals surface area contributed by atoms with E-state index in [2.05, 4.69) is 17.1 Å². The van der Waals surface area contributed by atoms with E-state index in [1.807, 2.05) is 12.1 Å². The number of nitrogens with zero attached hydrogens (tertiary/aromatic N) is 1. The summed E-state index contributed by atoms with van der Waals surface area (Å²) in [5.41, 5.74) is 1.67. The van der Waals surface area contributed by atoms with Gasteiger partial charge in [-0.25, -0.2) is 0 Å². The van der Waals surface area contributed by atoms with Crippen LogP contribution in [0.3, 0.4) is 0 Å². The Labute approximate surface area is 89.3 Å². The Morgan fingerprint density at radius 1 is 1.36 bits per heavy atom. The molecule has 0 radical (unpaired) electrons. The smallest absolute Gasteiger partial charge is 0.253 e. The summed E-state index contributed by atoms with van der Waals surface area (Å²) in [5, 5.41) is 0. The lowest BCUT2D eigenvalue weighted by atomic mass is 10.1. The molecule has 0 unspecified atom stereocenters. The molecule has 1 amide bonds. The molecule has 0 saturated carbocycles. The van der Waals surface area contributed by atoms with Crippen molar-refractivity contribution in [3.05, 3.63) is 35.4 Å². The average Bonchev–Trinajstić information content (AvgIpc) is 2.18. The van der Waals surface area contributed by atoms with E-state index >= 15 is 0 Å². The molecule has 0 saturated heterocycles. The highest BCUT2D eigenvalue weighted by Gasteiger charge is 2.06. The maximum atomic E-state index is 11.5. The van der Waals surface area contributed by atoms with E-state index in [1.54, 1.807) is 31.1 Å². The SMILES string of the molecule is CN(C)C(=O)c1ccc(COS)cc1. The van der Waals surface area contributed by atoms with E-state index in [4.69, 9.17) is 0 Å². The van der Waals surface area contributed by atoms with Crippen LogP contribution in [0.1, 0.15) is 15.9 Å². The minimum absolute atomic E-state index is 0.00309. The van der Waals surface area contributed by atoms with Gasteiger partial charge < -0.3 is 9.08 Å². The third-order valence-electron chi connectivity index (χ3n) is 1.84. The van der Waals surface area contributed by atoms with Crippen LogP contribution >= 0.6 is 12.9 Å². The number of hydrogen-bond acceptors (Lipinski definition) is 3. The van der Waals surface area contributed by atoms with Gasteiger partial charge >= 0.3 is 0 Å². The number of amides is 1. The molecule has 0 aliphatic rings. The standard InChI is InChI=1S/C10H13NO2S/c1-11(2)10(12)9-5-3-8(4-6-9)7-13-14/h3-6,14H,7H2,1-2H3. The highest BCUT2D eigenvalue weighted by atomic mass is 32.1. The molecule has 14 heavy (non-hydrogen) atoms. The molecule has 0 bridgehead atoms. The Kier molecular flexibility index (Phi) is 3.98. The van der Waals surface area contributed by atoms with E-state index in [-0.39, 0.29) is 5.91 Å². The fraction of sp³-hybridized carbons (Fsp3) is 0.300. The van der Waals surface area contributed by atoms with Crippen LogP contribution < -0.4 is 0 Å². The average molecular weight is 211 g/mol. The molecule has 3 nitrogen and oxygen atoms in total. The van der Waals surface area contributed by atoms with Crippen molar-refractivity contribution in [1.29, 1.82) is 0 Å². The largest absolute Gasteiger partial charge is 0.345 e. The van der Waals surface area contributed by atoms with Gasteiger partial charge in [0.15, 0.2) is 0 Å². The summed E-state index contributed by atoms with van der Waals surface area (Å²) in [4.78, 5) is 13.0. The maximum Gasteiger partial charge on any atom is 0.253 e. The summed E-state index contributed by atoms with van der Waals surface area (Å²) in [6.45, 7) is 0.444. The van der Waals surface area contributed by atoms with E-state index in [9.17, 15) is 4.79 Å². The summed E-state index contributed by atoms with van der Waals surface area (Å²) in [7, 11) is 3.46. The molecule has 0 atom stereocenters. The lowest BCUT2D eigenvalue weighted by Crippen LogP contribution is -2.21. The minimum atomic E-state index is 0.00309. The molecular formula is C10H13NO2S. The van der Waals surface area contributed by atoms with Gasteiger partial charge in [-0.15, -0.1) is 0 Å². The third kappa shape index (κ3) is 2.75. The van der Waals surface area contributed by atoms with Gasteiger partial charge in [0, 0.05) is 19.7 Å². The maximum absolute atomic E-state index is 11.5. The Hall–Kier alpha value is -1.00. The number of hydrogen-bond donors (Lipinski definition) is 1. The fourth-order valence-corrected chi connectivity index (χ4v) is 1.23. The second-order valence-corrected chi connectivity index (χ2v) is 3.43. The molecule has 0 heterocycles. The van der Waals surface area contributed by atoms with Crippen LogP contribution in [-0.4, -0.2) is 24.9 Å². The van der Waals surface area contributed by atoms with Crippen molar-refractivity contribution < 1.29 is 8.98 Å². The molecule has 1 rings (SSSR count). The summed E-state index contributed by atoms with van der Waals surface area (Å²) >= 11 is 3.66. The number of rotatable bonds is 3. The number of carbonyl (C=O) groups is 1. The molecule has 0 spiro atoms. The van der Waals surface area contributed by atoms with Crippen molar-refractivity contribution in [1.82, 2.24) is 4.90 Å². The molecule has 0 aromatic heterocycles. The van der Waals surface area contributed by atoms with Gasteiger partial charge in [0.1, 0.15) is 0 Å². The van der Waals surface area contributed by atoms with Gasteiger partial charge in [0.05, 0.1) is 6.61 Å². The zero-order valence-electron chi connectivity index (χ0n) is 8.23. The second-order valence-electron chi connectivity index (χ2n) is 3.17. The molecule has 1 aromatic rings. The summed E-state index contributed by atoms with van der Waals surface area (Å²) in [6.07, 6.45) is 0. The Balaban J connectivity index is 2.78. The Morgan fingerprint density at radius 2 is 1.93 bits per heavy atom. The van der Waals surface area contributed by atoms with Crippen LogP contribution in [0.15, 0.2) is 24.3 Å². The van der Waals surface area contributed by atoms with E-state index in [1.165, 1.54) is 0 Å². The van der Waals surface area contributed by atoms with Crippen LogP contribution in [0.2, 0.25) is 0 Å². The van der Waals surface area contributed by atoms with Crippen molar-refractivity contribution in [2.75, 3.05) is 14.1 Å². The zero-order chi connectivity index (χ0) is 10.6. The minimum Gasteiger partial charge on any atom is -0.345 e. The fourth-order valence-electron chi connectivity index (χ4n) is 1.08. The summed E-state index contributed by atoms with van der Waals surface area (Å²) < 4.78 is 4.67. The molecule has 76 valence electrons. The first-order valence-electron chi connectivity index (χ1n) is 4.22. The van der Waals surface area contributed by atoms with Crippen molar-refractivity contribution in [2.24, 2.45) is 0 Å². The van der Waals surface area contributed by atoms with Gasteiger partial charge in [-0.05, 0) is 30.6 Å². The Bertz CT molecular complexity index is 308. The number of carbonyl (C=O) groups excluding carboxylic acids is 1. The molecule has 4 heteroatoms. The Morgan fingerprint density at radius 3 is 2.36 bits per heavy atom. The van der Waals surface area contributed by atoms with Crippen LogP contribution in [0, 0.1) is 0 Å². The highest BCUT2D eigenvalue weighted by molar-refractivity contribution is 7.75. The van der Waals surface area contributed by atoms with Crippen molar-refractivity contribution >= 4 is 18.8 Å². The number of benzene rings is 1.